The molecule has 5 nitrogen and oxygen atoms in total. The van der Waals surface area contributed by atoms with Gasteiger partial charge in [-0.05, 0) is 37.5 Å². The third kappa shape index (κ3) is 4.23. The molecule has 1 fully saturated rings. The largest absolute Gasteiger partial charge is 0.348 e. The van der Waals surface area contributed by atoms with Gasteiger partial charge in [0.1, 0.15) is 0 Å². The highest BCUT2D eigenvalue weighted by atomic mass is 32.2. The summed E-state index contributed by atoms with van der Waals surface area (Å²) >= 11 is 6.88. The van der Waals surface area contributed by atoms with Crippen LogP contribution < -0.4 is 5.32 Å². The van der Waals surface area contributed by atoms with Crippen LogP contribution >= 0.6 is 24.0 Å². The lowest BCUT2D eigenvalue weighted by molar-refractivity contribution is -0.120. The van der Waals surface area contributed by atoms with E-state index in [0.717, 1.165) is 24.4 Å². The second-order valence-corrected chi connectivity index (χ2v) is 7.42. The number of aromatic amines is 1. The third-order valence-corrected chi connectivity index (χ3v) is 5.32. The minimum absolute atomic E-state index is 0.0298. The number of thioether (sulfide) groups is 1. The van der Waals surface area contributed by atoms with Crippen LogP contribution in [0.1, 0.15) is 37.2 Å². The Morgan fingerprint density at radius 3 is 2.91 bits per heavy atom. The minimum Gasteiger partial charge on any atom is -0.348 e. The molecule has 2 N–H and O–H groups in total. The Morgan fingerprint density at radius 1 is 1.48 bits per heavy atom. The van der Waals surface area contributed by atoms with Crippen molar-refractivity contribution in [1.29, 1.82) is 0 Å². The van der Waals surface area contributed by atoms with E-state index in [1.807, 2.05) is 29.7 Å². The van der Waals surface area contributed by atoms with Crippen LogP contribution in [0.15, 0.2) is 30.3 Å². The van der Waals surface area contributed by atoms with Crippen molar-refractivity contribution < 1.29 is 4.79 Å². The van der Waals surface area contributed by atoms with Crippen molar-refractivity contribution >= 4 is 29.9 Å². The average molecular weight is 348 g/mol. The molecule has 23 heavy (non-hydrogen) atoms. The monoisotopic (exact) mass is 348 g/mol. The highest BCUT2D eigenvalue weighted by molar-refractivity contribution is 7.99. The van der Waals surface area contributed by atoms with Gasteiger partial charge in [0.15, 0.2) is 10.6 Å². The number of amides is 1. The van der Waals surface area contributed by atoms with E-state index in [1.165, 1.54) is 5.56 Å². The number of carbonyl (C=O) groups excluding carboxylic acids is 1. The number of carbonyl (C=O) groups is 1. The summed E-state index contributed by atoms with van der Waals surface area (Å²) in [5.74, 6) is 1.67. The minimum atomic E-state index is -0.105. The Bertz CT molecular complexity index is 721. The van der Waals surface area contributed by atoms with Crippen LogP contribution in [0.25, 0.3) is 0 Å². The van der Waals surface area contributed by atoms with Gasteiger partial charge in [-0.1, -0.05) is 30.3 Å². The standard InChI is InChI=1S/C16H20N4OS2/c1-11(23-10-12-5-3-2-4-6-12)15(21)17-9-14-18-19-16(22)20(14)13-7-8-13/h2-6,11,13H,7-10H2,1H3,(H,17,21)(H,19,22)/t11-/m1/s1. The van der Waals surface area contributed by atoms with Crippen molar-refractivity contribution in [3.63, 3.8) is 0 Å². The van der Waals surface area contributed by atoms with Crippen LogP contribution in [-0.4, -0.2) is 25.9 Å². The highest BCUT2D eigenvalue weighted by Crippen LogP contribution is 2.35. The fraction of sp³-hybridized carbons (Fsp3) is 0.438. The summed E-state index contributed by atoms with van der Waals surface area (Å²) in [7, 11) is 0. The highest BCUT2D eigenvalue weighted by Gasteiger charge is 2.27. The number of rotatable bonds is 7. The van der Waals surface area contributed by atoms with Gasteiger partial charge in [0.25, 0.3) is 0 Å². The number of aromatic nitrogens is 3. The molecule has 1 amide bonds. The van der Waals surface area contributed by atoms with Crippen LogP contribution in [0.5, 0.6) is 0 Å². The van der Waals surface area contributed by atoms with Gasteiger partial charge in [-0.25, -0.2) is 0 Å². The molecular weight excluding hydrogens is 328 g/mol. The Kier molecular flexibility index (Phi) is 5.17. The molecule has 0 radical (unpaired) electrons. The Labute approximate surface area is 144 Å². The molecule has 3 rings (SSSR count). The fourth-order valence-electron chi connectivity index (χ4n) is 2.35. The van der Waals surface area contributed by atoms with E-state index in [4.69, 9.17) is 12.2 Å². The van der Waals surface area contributed by atoms with Crippen molar-refractivity contribution in [3.05, 3.63) is 46.5 Å². The predicted molar refractivity (Wildman–Crippen MR) is 94.7 cm³/mol. The van der Waals surface area contributed by atoms with E-state index in [9.17, 15) is 4.79 Å². The summed E-state index contributed by atoms with van der Waals surface area (Å²) in [5.41, 5.74) is 1.23. The van der Waals surface area contributed by atoms with Gasteiger partial charge in [-0.3, -0.25) is 14.5 Å². The van der Waals surface area contributed by atoms with Crippen molar-refractivity contribution in [2.45, 2.75) is 43.4 Å². The lowest BCUT2D eigenvalue weighted by atomic mass is 10.2. The van der Waals surface area contributed by atoms with E-state index >= 15 is 0 Å². The fourth-order valence-corrected chi connectivity index (χ4v) is 3.52. The summed E-state index contributed by atoms with van der Waals surface area (Å²) in [6.07, 6.45) is 2.27. The van der Waals surface area contributed by atoms with E-state index in [2.05, 4.69) is 27.6 Å². The molecule has 1 aromatic heterocycles. The zero-order valence-electron chi connectivity index (χ0n) is 13.0. The van der Waals surface area contributed by atoms with Gasteiger partial charge >= 0.3 is 0 Å². The molecule has 0 saturated heterocycles. The van der Waals surface area contributed by atoms with E-state index in [-0.39, 0.29) is 11.2 Å². The van der Waals surface area contributed by atoms with E-state index in [0.29, 0.717) is 17.4 Å². The summed E-state index contributed by atoms with van der Waals surface area (Å²) in [5, 5.41) is 9.90. The lowest BCUT2D eigenvalue weighted by Gasteiger charge is -2.12. The molecule has 1 aromatic carbocycles. The molecule has 1 atom stereocenters. The van der Waals surface area contributed by atoms with E-state index in [1.54, 1.807) is 11.8 Å². The van der Waals surface area contributed by atoms with Crippen molar-refractivity contribution in [2.75, 3.05) is 0 Å². The summed E-state index contributed by atoms with van der Waals surface area (Å²) in [6, 6.07) is 10.6. The number of nitrogens with zero attached hydrogens (tertiary/aromatic N) is 2. The number of nitrogens with one attached hydrogen (secondary N) is 2. The second-order valence-electron chi connectivity index (χ2n) is 5.70. The third-order valence-electron chi connectivity index (χ3n) is 3.82. The molecule has 1 aliphatic rings. The smallest absolute Gasteiger partial charge is 0.233 e. The van der Waals surface area contributed by atoms with Crippen LogP contribution in [0.3, 0.4) is 0 Å². The normalized spacial score (nSPS) is 15.3. The first-order valence-corrected chi connectivity index (χ1v) is 9.20. The van der Waals surface area contributed by atoms with Crippen LogP contribution in [0.2, 0.25) is 0 Å². The molecule has 0 bridgehead atoms. The SMILES string of the molecule is C[C@@H](SCc1ccccc1)C(=O)NCc1n[nH]c(=S)n1C1CC1. The maximum atomic E-state index is 12.2. The molecule has 1 saturated carbocycles. The first kappa shape index (κ1) is 16.3. The molecule has 0 spiro atoms. The summed E-state index contributed by atoms with van der Waals surface area (Å²) in [4.78, 5) is 12.2. The van der Waals surface area contributed by atoms with Crippen molar-refractivity contribution in [2.24, 2.45) is 0 Å². The number of hydrogen-bond acceptors (Lipinski definition) is 4. The Morgan fingerprint density at radius 2 is 2.22 bits per heavy atom. The van der Waals surface area contributed by atoms with Gasteiger partial charge in [-0.2, -0.15) is 5.10 Å². The van der Waals surface area contributed by atoms with Crippen LogP contribution in [0, 0.1) is 4.77 Å². The maximum absolute atomic E-state index is 12.2. The van der Waals surface area contributed by atoms with Gasteiger partial charge in [-0.15, -0.1) is 11.8 Å². The Hall–Kier alpha value is -1.60. The molecule has 1 heterocycles. The van der Waals surface area contributed by atoms with Gasteiger partial charge in [0.2, 0.25) is 5.91 Å². The molecule has 0 unspecified atom stereocenters. The Balaban J connectivity index is 1.50. The quantitative estimate of drug-likeness (QED) is 0.754. The van der Waals surface area contributed by atoms with Crippen molar-refractivity contribution in [3.8, 4) is 0 Å². The number of H-pyrrole nitrogens is 1. The molecule has 1 aliphatic carbocycles. The lowest BCUT2D eigenvalue weighted by Crippen LogP contribution is -2.31. The average Bonchev–Trinajstić information content (AvgIpc) is 3.34. The van der Waals surface area contributed by atoms with Crippen LogP contribution in [0.4, 0.5) is 0 Å². The van der Waals surface area contributed by atoms with Crippen molar-refractivity contribution in [1.82, 2.24) is 20.1 Å². The molecule has 122 valence electrons. The number of hydrogen-bond donors (Lipinski definition) is 2. The molecule has 2 aromatic rings. The van der Waals surface area contributed by atoms with Gasteiger partial charge in [0, 0.05) is 11.8 Å². The molecule has 0 aliphatic heterocycles. The topological polar surface area (TPSA) is 62.7 Å². The van der Waals surface area contributed by atoms with Gasteiger partial charge < -0.3 is 5.32 Å². The number of benzene rings is 1. The summed E-state index contributed by atoms with van der Waals surface area (Å²) in [6.45, 7) is 2.35. The molecule has 7 heteroatoms. The maximum Gasteiger partial charge on any atom is 0.233 e. The van der Waals surface area contributed by atoms with Gasteiger partial charge in [0.05, 0.1) is 11.8 Å². The zero-order chi connectivity index (χ0) is 16.2. The van der Waals surface area contributed by atoms with Crippen LogP contribution in [-0.2, 0) is 17.1 Å². The van der Waals surface area contributed by atoms with E-state index < -0.39 is 0 Å². The predicted octanol–water partition coefficient (Wildman–Crippen LogP) is 3.21. The second kappa shape index (κ2) is 7.31. The first-order chi connectivity index (χ1) is 11.1. The molecular formula is C16H20N4OS2. The summed E-state index contributed by atoms with van der Waals surface area (Å²) < 4.78 is 2.67. The zero-order valence-corrected chi connectivity index (χ0v) is 14.6. The first-order valence-electron chi connectivity index (χ1n) is 7.74.